The number of nitrogens with zero attached hydrogens (tertiary/aromatic N) is 3. The number of ether oxygens (including phenoxy) is 1. The van der Waals surface area contributed by atoms with E-state index in [1.807, 2.05) is 30.3 Å². The van der Waals surface area contributed by atoms with E-state index in [2.05, 4.69) is 34.6 Å². The molecule has 3 heterocycles. The molecule has 30 heavy (non-hydrogen) atoms. The van der Waals surface area contributed by atoms with Crippen molar-refractivity contribution in [2.75, 3.05) is 20.1 Å². The SMILES string of the molecule is C=C(c1cccnc1)c1ccc(COc2cccc(C3CCN(C)CC3)n2)c(F)c1. The van der Waals surface area contributed by atoms with Crippen LogP contribution in [0, 0.1) is 5.82 Å². The zero-order valence-electron chi connectivity index (χ0n) is 17.2. The average molecular weight is 404 g/mol. The summed E-state index contributed by atoms with van der Waals surface area (Å²) >= 11 is 0. The second kappa shape index (κ2) is 9.18. The van der Waals surface area contributed by atoms with E-state index in [1.54, 1.807) is 18.5 Å². The average Bonchev–Trinajstić information content (AvgIpc) is 2.79. The van der Waals surface area contributed by atoms with Crippen molar-refractivity contribution >= 4 is 5.57 Å². The van der Waals surface area contributed by atoms with Gasteiger partial charge in [0.25, 0.3) is 0 Å². The monoisotopic (exact) mass is 403 g/mol. The first kappa shape index (κ1) is 20.2. The largest absolute Gasteiger partial charge is 0.473 e. The molecule has 0 N–H and O–H groups in total. The van der Waals surface area contributed by atoms with E-state index in [-0.39, 0.29) is 12.4 Å². The van der Waals surface area contributed by atoms with Crippen LogP contribution in [0.25, 0.3) is 5.57 Å². The van der Waals surface area contributed by atoms with Crippen LogP contribution in [0.5, 0.6) is 5.88 Å². The maximum Gasteiger partial charge on any atom is 0.213 e. The van der Waals surface area contributed by atoms with Crippen LogP contribution in [-0.4, -0.2) is 35.0 Å². The summed E-state index contributed by atoms with van der Waals surface area (Å²) in [7, 11) is 2.15. The predicted molar refractivity (Wildman–Crippen MR) is 117 cm³/mol. The van der Waals surface area contributed by atoms with Gasteiger partial charge in [0.05, 0.1) is 0 Å². The third-order valence-electron chi connectivity index (χ3n) is 5.67. The van der Waals surface area contributed by atoms with Crippen LogP contribution in [0.15, 0.2) is 67.5 Å². The topological polar surface area (TPSA) is 38.2 Å². The third-order valence-corrected chi connectivity index (χ3v) is 5.67. The van der Waals surface area contributed by atoms with Crippen LogP contribution < -0.4 is 4.74 Å². The molecule has 1 aliphatic rings. The zero-order chi connectivity index (χ0) is 20.9. The first-order valence-corrected chi connectivity index (χ1v) is 10.3. The summed E-state index contributed by atoms with van der Waals surface area (Å²) in [6, 6.07) is 14.7. The summed E-state index contributed by atoms with van der Waals surface area (Å²) < 4.78 is 20.5. The van der Waals surface area contributed by atoms with Crippen molar-refractivity contribution in [3.05, 3.63) is 95.7 Å². The summed E-state index contributed by atoms with van der Waals surface area (Å²) in [5.41, 5.74) is 3.89. The molecule has 0 amide bonds. The lowest BCUT2D eigenvalue weighted by molar-refractivity contribution is 0.250. The van der Waals surface area contributed by atoms with Crippen molar-refractivity contribution in [1.29, 1.82) is 0 Å². The van der Waals surface area contributed by atoms with Crippen LogP contribution in [0.3, 0.4) is 0 Å². The Balaban J connectivity index is 1.42. The maximum absolute atomic E-state index is 14.7. The number of aromatic nitrogens is 2. The summed E-state index contributed by atoms with van der Waals surface area (Å²) in [4.78, 5) is 11.1. The highest BCUT2D eigenvalue weighted by Gasteiger charge is 2.19. The Morgan fingerprint density at radius 2 is 1.97 bits per heavy atom. The third kappa shape index (κ3) is 4.74. The highest BCUT2D eigenvalue weighted by Crippen LogP contribution is 2.28. The van der Waals surface area contributed by atoms with Crippen molar-refractivity contribution in [1.82, 2.24) is 14.9 Å². The molecule has 0 unspecified atom stereocenters. The smallest absolute Gasteiger partial charge is 0.213 e. The van der Waals surface area contributed by atoms with Crippen LogP contribution in [-0.2, 0) is 6.61 Å². The fourth-order valence-electron chi connectivity index (χ4n) is 3.75. The summed E-state index contributed by atoms with van der Waals surface area (Å²) in [6.45, 7) is 6.37. The van der Waals surface area contributed by atoms with Gasteiger partial charge < -0.3 is 9.64 Å². The number of benzene rings is 1. The Morgan fingerprint density at radius 3 is 2.70 bits per heavy atom. The lowest BCUT2D eigenvalue weighted by atomic mass is 9.93. The fourth-order valence-corrected chi connectivity index (χ4v) is 3.75. The molecule has 1 aromatic carbocycles. The van der Waals surface area contributed by atoms with Gasteiger partial charge in [0, 0.05) is 35.6 Å². The fraction of sp³-hybridized carbons (Fsp3) is 0.280. The van der Waals surface area contributed by atoms with E-state index in [0.29, 0.717) is 17.4 Å². The molecule has 1 fully saturated rings. The van der Waals surface area contributed by atoms with E-state index in [9.17, 15) is 4.39 Å². The second-order valence-corrected chi connectivity index (χ2v) is 7.79. The summed E-state index contributed by atoms with van der Waals surface area (Å²) in [5.74, 6) is 0.679. The molecule has 154 valence electrons. The Morgan fingerprint density at radius 1 is 1.13 bits per heavy atom. The first-order chi connectivity index (χ1) is 14.6. The van der Waals surface area contributed by atoms with E-state index in [0.717, 1.165) is 48.3 Å². The molecule has 3 aromatic rings. The van der Waals surface area contributed by atoms with Gasteiger partial charge in [0.2, 0.25) is 5.88 Å². The molecule has 4 rings (SSSR count). The molecule has 1 aliphatic heterocycles. The Bertz CT molecular complexity index is 1010. The molecule has 2 aromatic heterocycles. The van der Waals surface area contributed by atoms with Crippen molar-refractivity contribution < 1.29 is 9.13 Å². The molecular formula is C25H26FN3O. The van der Waals surface area contributed by atoms with Gasteiger partial charge in [-0.3, -0.25) is 4.98 Å². The molecule has 0 bridgehead atoms. The van der Waals surface area contributed by atoms with Gasteiger partial charge in [-0.2, -0.15) is 0 Å². The summed E-state index contributed by atoms with van der Waals surface area (Å²) in [5, 5.41) is 0. The van der Waals surface area contributed by atoms with Gasteiger partial charge in [0.15, 0.2) is 0 Å². The minimum atomic E-state index is -0.316. The van der Waals surface area contributed by atoms with Crippen molar-refractivity contribution in [3.63, 3.8) is 0 Å². The Hall–Kier alpha value is -3.05. The van der Waals surface area contributed by atoms with E-state index >= 15 is 0 Å². The summed E-state index contributed by atoms with van der Waals surface area (Å²) in [6.07, 6.45) is 5.63. The molecule has 1 saturated heterocycles. The van der Waals surface area contributed by atoms with Crippen molar-refractivity contribution in [3.8, 4) is 5.88 Å². The maximum atomic E-state index is 14.7. The quantitative estimate of drug-likeness (QED) is 0.576. The van der Waals surface area contributed by atoms with Crippen LogP contribution in [0.2, 0.25) is 0 Å². The van der Waals surface area contributed by atoms with Gasteiger partial charge in [0.1, 0.15) is 12.4 Å². The van der Waals surface area contributed by atoms with Crippen LogP contribution >= 0.6 is 0 Å². The number of hydrogen-bond donors (Lipinski definition) is 0. The molecule has 0 saturated carbocycles. The lowest BCUT2D eigenvalue weighted by Crippen LogP contribution is -2.29. The number of rotatable bonds is 6. The molecule has 0 spiro atoms. The Kier molecular flexibility index (Phi) is 6.19. The zero-order valence-corrected chi connectivity index (χ0v) is 17.2. The number of likely N-dealkylation sites (tertiary alicyclic amines) is 1. The minimum Gasteiger partial charge on any atom is -0.473 e. The molecule has 0 aliphatic carbocycles. The molecule has 4 nitrogen and oxygen atoms in total. The van der Waals surface area contributed by atoms with Gasteiger partial charge in [-0.15, -0.1) is 0 Å². The van der Waals surface area contributed by atoms with Gasteiger partial charge in [-0.05, 0) is 67.9 Å². The first-order valence-electron chi connectivity index (χ1n) is 10.3. The number of piperidine rings is 1. The highest BCUT2D eigenvalue weighted by molar-refractivity contribution is 5.77. The minimum absolute atomic E-state index is 0.134. The van der Waals surface area contributed by atoms with Crippen LogP contribution in [0.4, 0.5) is 4.39 Å². The van der Waals surface area contributed by atoms with E-state index in [4.69, 9.17) is 4.74 Å². The van der Waals surface area contributed by atoms with Crippen molar-refractivity contribution in [2.45, 2.75) is 25.4 Å². The van der Waals surface area contributed by atoms with Crippen molar-refractivity contribution in [2.24, 2.45) is 0 Å². The Labute approximate surface area is 177 Å². The molecular weight excluding hydrogens is 377 g/mol. The van der Waals surface area contributed by atoms with E-state index in [1.165, 1.54) is 6.07 Å². The number of pyridine rings is 2. The van der Waals surface area contributed by atoms with Crippen LogP contribution in [0.1, 0.15) is 41.1 Å². The molecule has 5 heteroatoms. The predicted octanol–water partition coefficient (Wildman–Crippen LogP) is 5.07. The number of hydrogen-bond acceptors (Lipinski definition) is 4. The molecule has 0 atom stereocenters. The number of halogens is 1. The van der Waals surface area contributed by atoms with E-state index < -0.39 is 0 Å². The second-order valence-electron chi connectivity index (χ2n) is 7.79. The molecule has 0 radical (unpaired) electrons. The lowest BCUT2D eigenvalue weighted by Gasteiger charge is -2.28. The highest BCUT2D eigenvalue weighted by atomic mass is 19.1. The van der Waals surface area contributed by atoms with Gasteiger partial charge >= 0.3 is 0 Å². The van der Waals surface area contributed by atoms with Gasteiger partial charge in [-0.1, -0.05) is 30.8 Å². The van der Waals surface area contributed by atoms with Gasteiger partial charge in [-0.25, -0.2) is 9.37 Å². The standard InChI is InChI=1S/C25H26FN3O/c1-18(21-5-4-12-27-16-21)20-8-9-22(23(26)15-20)17-30-25-7-3-6-24(28-25)19-10-13-29(2)14-11-19/h3-9,12,15-16,19H,1,10-11,13-14,17H2,2H3. The normalized spacial score (nSPS) is 15.1.